The third-order valence-electron chi connectivity index (χ3n) is 0.530. The van der Waals surface area contributed by atoms with Crippen LogP contribution in [0.25, 0.3) is 0 Å². The topological polar surface area (TPSA) is 39.7 Å². The fraction of sp³-hybridized carbons (Fsp3) is 1.00. The van der Waals surface area contributed by atoms with Crippen LogP contribution in [0.5, 0.6) is 0 Å². The summed E-state index contributed by atoms with van der Waals surface area (Å²) in [6.45, 7) is 6.21. The van der Waals surface area contributed by atoms with Crippen molar-refractivity contribution in [3.63, 3.8) is 0 Å². The van der Waals surface area contributed by atoms with Crippen LogP contribution in [0.2, 0.25) is 0 Å². The van der Waals surface area contributed by atoms with E-state index in [-0.39, 0.29) is 17.9 Å². The standard InChI is InChI=1S/C4H12N2.ClH/c1-4(2,3)6-5;/h6H,5H2,1-3H3;1H. The first kappa shape index (κ1) is 10.2. The van der Waals surface area contributed by atoms with Gasteiger partial charge in [-0.05, 0) is 20.8 Å². The second-order valence-electron chi connectivity index (χ2n) is 2.43. The number of nitrogens with one attached hydrogen (secondary N) is 1. The Hall–Kier alpha value is 0.210. The van der Waals surface area contributed by atoms with E-state index >= 15 is 0 Å². The van der Waals surface area contributed by atoms with E-state index in [1.807, 2.05) is 0 Å². The molecule has 0 aliphatic heterocycles. The van der Waals surface area contributed by atoms with Crippen molar-refractivity contribution in [3.05, 3.63) is 0 Å². The molecule has 0 rings (SSSR count). The lowest BCUT2D eigenvalue weighted by atomic mass is 10.1. The van der Waals surface area contributed by atoms with Crippen LogP contribution in [0.3, 0.4) is 0 Å². The molecule has 0 unspecified atom stereocenters. The molecule has 0 heterocycles. The van der Waals surface area contributed by atoms with Crippen LogP contribution in [-0.2, 0) is 0 Å². The Morgan fingerprint density at radius 2 is 1.43 bits per heavy atom. The Morgan fingerprint density at radius 1 is 1.29 bits per heavy atom. The monoisotopic (exact) mass is 124 g/mol. The molecule has 0 atom stereocenters. The Morgan fingerprint density at radius 3 is 1.43 bits per heavy atom. The van der Waals surface area contributed by atoms with Crippen molar-refractivity contribution in [2.45, 2.75) is 26.3 Å². The maximum atomic E-state index is 3.51. The average molecular weight is 125 g/mol. The molecule has 0 spiro atoms. The van der Waals surface area contributed by atoms with Gasteiger partial charge in [0.1, 0.15) is 0 Å². The van der Waals surface area contributed by atoms with E-state index in [0.29, 0.717) is 0 Å². The molecular formula is C4H13ClN2. The van der Waals surface area contributed by atoms with Crippen molar-refractivity contribution >= 4 is 0 Å². The van der Waals surface area contributed by atoms with Gasteiger partial charge in [0, 0.05) is 0 Å². The predicted octanol–water partition coefficient (Wildman–Crippen LogP) is -3.46. The van der Waals surface area contributed by atoms with Crippen LogP contribution in [-0.4, -0.2) is 5.54 Å². The summed E-state index contributed by atoms with van der Waals surface area (Å²) in [5.41, 5.74) is 3.03. The Kier molecular flexibility index (Phi) is 4.75. The summed E-state index contributed by atoms with van der Waals surface area (Å²) in [6.07, 6.45) is 0. The largest absolute Gasteiger partial charge is 1.00 e. The van der Waals surface area contributed by atoms with E-state index in [2.05, 4.69) is 32.0 Å². The highest BCUT2D eigenvalue weighted by Crippen LogP contribution is 1.92. The maximum Gasteiger partial charge on any atom is 0.0579 e. The molecule has 0 saturated carbocycles. The van der Waals surface area contributed by atoms with Crippen molar-refractivity contribution in [3.8, 4) is 0 Å². The van der Waals surface area contributed by atoms with Gasteiger partial charge in [-0.3, -0.25) is 5.84 Å². The summed E-state index contributed by atoms with van der Waals surface area (Å²) in [6, 6.07) is 0. The minimum absolute atomic E-state index is 0. The minimum Gasteiger partial charge on any atom is -1.00 e. The second kappa shape index (κ2) is 3.24. The van der Waals surface area contributed by atoms with Gasteiger partial charge in [-0.1, -0.05) is 0 Å². The zero-order valence-corrected chi connectivity index (χ0v) is 5.84. The van der Waals surface area contributed by atoms with Crippen LogP contribution in [0, 0.1) is 0 Å². The summed E-state index contributed by atoms with van der Waals surface area (Å²) in [7, 11) is 0. The van der Waals surface area contributed by atoms with Crippen LogP contribution in [0.15, 0.2) is 0 Å². The Bertz CT molecular complexity index is 39.4. The van der Waals surface area contributed by atoms with Gasteiger partial charge in [-0.25, -0.2) is 0 Å². The molecule has 0 aromatic carbocycles. The summed E-state index contributed by atoms with van der Waals surface area (Å²) >= 11 is 0. The molecule has 0 saturated heterocycles. The van der Waals surface area contributed by atoms with Crippen molar-refractivity contribution in [1.82, 2.24) is 5.43 Å². The highest BCUT2D eigenvalue weighted by Gasteiger charge is 2.05. The van der Waals surface area contributed by atoms with Crippen LogP contribution in [0.1, 0.15) is 20.8 Å². The third-order valence-corrected chi connectivity index (χ3v) is 0.530. The zero-order chi connectivity index (χ0) is 5.21. The third kappa shape index (κ3) is 10.7. The summed E-state index contributed by atoms with van der Waals surface area (Å²) < 4.78 is 0. The molecule has 4 N–H and O–H groups in total. The van der Waals surface area contributed by atoms with Crippen molar-refractivity contribution in [1.29, 1.82) is 0 Å². The highest BCUT2D eigenvalue weighted by molar-refractivity contribution is 4.61. The van der Waals surface area contributed by atoms with E-state index in [4.69, 9.17) is 0 Å². The molecule has 0 amide bonds. The molecule has 0 fully saturated rings. The quantitative estimate of drug-likeness (QED) is 0.324. The number of quaternary nitrogens is 1. The van der Waals surface area contributed by atoms with Gasteiger partial charge in [0.15, 0.2) is 0 Å². The first-order chi connectivity index (χ1) is 2.56. The minimum atomic E-state index is 0. The van der Waals surface area contributed by atoms with E-state index in [1.54, 1.807) is 0 Å². The molecule has 0 aromatic heterocycles. The van der Waals surface area contributed by atoms with Crippen LogP contribution < -0.4 is 23.7 Å². The zero-order valence-electron chi connectivity index (χ0n) is 5.09. The maximum absolute atomic E-state index is 3.51. The predicted molar refractivity (Wildman–Crippen MR) is 25.8 cm³/mol. The number of hydrogen-bond donors (Lipinski definition) is 2. The first-order valence-electron chi connectivity index (χ1n) is 2.10. The van der Waals surface area contributed by atoms with E-state index in [0.717, 1.165) is 0 Å². The lowest BCUT2D eigenvalue weighted by molar-refractivity contribution is -0.460. The normalized spacial score (nSPS) is 10.3. The molecule has 0 radical (unpaired) electrons. The van der Waals surface area contributed by atoms with E-state index in [1.165, 1.54) is 0 Å². The fourth-order valence-corrected chi connectivity index (χ4v) is 0. The Labute approximate surface area is 50.8 Å². The summed E-state index contributed by atoms with van der Waals surface area (Å²) in [5, 5.41) is 0. The average Bonchev–Trinajstić information content (AvgIpc) is 1.35. The number of halogens is 1. The van der Waals surface area contributed by atoms with E-state index < -0.39 is 0 Å². The molecule has 7 heavy (non-hydrogen) atoms. The second-order valence-corrected chi connectivity index (χ2v) is 2.43. The van der Waals surface area contributed by atoms with Crippen LogP contribution >= 0.6 is 0 Å². The smallest absolute Gasteiger partial charge is 0.0579 e. The fourth-order valence-electron chi connectivity index (χ4n) is 0. The highest BCUT2D eigenvalue weighted by atomic mass is 35.5. The van der Waals surface area contributed by atoms with Gasteiger partial charge >= 0.3 is 0 Å². The Balaban J connectivity index is 0. The molecule has 0 aliphatic rings. The van der Waals surface area contributed by atoms with Gasteiger partial charge in [0.25, 0.3) is 0 Å². The molecule has 2 nitrogen and oxygen atoms in total. The molecule has 46 valence electrons. The van der Waals surface area contributed by atoms with Gasteiger partial charge in [-0.2, -0.15) is 5.43 Å². The SMILES string of the molecule is CC(C)(C)N[NH3+].[Cl-]. The van der Waals surface area contributed by atoms with Crippen molar-refractivity contribution in [2.75, 3.05) is 0 Å². The van der Waals surface area contributed by atoms with Crippen LogP contribution in [0.4, 0.5) is 0 Å². The summed E-state index contributed by atoms with van der Waals surface area (Å²) in [5.74, 6) is 3.51. The molecule has 3 heteroatoms. The van der Waals surface area contributed by atoms with Crippen molar-refractivity contribution < 1.29 is 18.2 Å². The van der Waals surface area contributed by atoms with Gasteiger partial charge in [0.2, 0.25) is 0 Å². The molecule has 0 bridgehead atoms. The molecule has 0 aliphatic carbocycles. The first-order valence-corrected chi connectivity index (χ1v) is 2.10. The lowest BCUT2D eigenvalue weighted by Crippen LogP contribution is -3.00. The van der Waals surface area contributed by atoms with E-state index in [9.17, 15) is 0 Å². The van der Waals surface area contributed by atoms with Gasteiger partial charge in [-0.15, -0.1) is 0 Å². The molecule has 0 aromatic rings. The lowest BCUT2D eigenvalue weighted by Gasteiger charge is -2.11. The van der Waals surface area contributed by atoms with Gasteiger partial charge in [0.05, 0.1) is 5.54 Å². The molecular weight excluding hydrogens is 112 g/mol. The summed E-state index contributed by atoms with van der Waals surface area (Å²) in [4.78, 5) is 0. The van der Waals surface area contributed by atoms with Crippen molar-refractivity contribution in [2.24, 2.45) is 0 Å². The van der Waals surface area contributed by atoms with Gasteiger partial charge < -0.3 is 12.4 Å². The number of hydrogen-bond acceptors (Lipinski definition) is 1. The number of rotatable bonds is 0.